The molecule has 2 rings (SSSR count). The number of halogens is 1. The number of hydrogen-bond donors (Lipinski definition) is 1. The van der Waals surface area contributed by atoms with Gasteiger partial charge in [-0.25, -0.2) is 0 Å². The SMILES string of the molecule is Oc1cccc(Oc2ccccc2)c1CCl. The molecule has 82 valence electrons. The van der Waals surface area contributed by atoms with E-state index in [-0.39, 0.29) is 11.6 Å². The van der Waals surface area contributed by atoms with E-state index in [1.807, 2.05) is 30.3 Å². The van der Waals surface area contributed by atoms with E-state index < -0.39 is 0 Å². The van der Waals surface area contributed by atoms with Gasteiger partial charge in [-0.2, -0.15) is 0 Å². The van der Waals surface area contributed by atoms with Crippen molar-refractivity contribution >= 4 is 11.6 Å². The topological polar surface area (TPSA) is 29.5 Å². The molecule has 0 saturated carbocycles. The molecule has 0 aliphatic carbocycles. The molecule has 16 heavy (non-hydrogen) atoms. The van der Waals surface area contributed by atoms with Gasteiger partial charge in [-0.3, -0.25) is 0 Å². The van der Waals surface area contributed by atoms with Gasteiger partial charge in [-0.1, -0.05) is 24.3 Å². The van der Waals surface area contributed by atoms with Crippen LogP contribution in [0.2, 0.25) is 0 Å². The van der Waals surface area contributed by atoms with E-state index in [0.29, 0.717) is 11.3 Å². The highest BCUT2D eigenvalue weighted by molar-refractivity contribution is 6.17. The van der Waals surface area contributed by atoms with Crippen LogP contribution in [-0.4, -0.2) is 5.11 Å². The summed E-state index contributed by atoms with van der Waals surface area (Å²) in [5.41, 5.74) is 0.605. The normalized spacial score (nSPS) is 10.1. The number of ether oxygens (including phenoxy) is 1. The van der Waals surface area contributed by atoms with Crippen LogP contribution in [0.4, 0.5) is 0 Å². The Morgan fingerprint density at radius 3 is 2.44 bits per heavy atom. The molecule has 0 aliphatic heterocycles. The second-order valence-corrected chi connectivity index (χ2v) is 3.57. The van der Waals surface area contributed by atoms with Gasteiger partial charge in [0.15, 0.2) is 0 Å². The molecule has 0 amide bonds. The Morgan fingerprint density at radius 1 is 1.00 bits per heavy atom. The Labute approximate surface area is 99.1 Å². The largest absolute Gasteiger partial charge is 0.507 e. The number of phenols is 1. The second-order valence-electron chi connectivity index (χ2n) is 3.30. The summed E-state index contributed by atoms with van der Waals surface area (Å²) in [4.78, 5) is 0. The lowest BCUT2D eigenvalue weighted by Crippen LogP contribution is -1.89. The highest BCUT2D eigenvalue weighted by Gasteiger charge is 2.08. The summed E-state index contributed by atoms with van der Waals surface area (Å²) in [5.74, 6) is 1.68. The number of hydrogen-bond acceptors (Lipinski definition) is 2. The molecule has 2 aromatic rings. The smallest absolute Gasteiger partial charge is 0.135 e. The number of phenolic OH excluding ortho intramolecular Hbond substituents is 1. The zero-order valence-electron chi connectivity index (χ0n) is 8.56. The predicted octanol–water partition coefficient (Wildman–Crippen LogP) is 3.92. The number of benzene rings is 2. The summed E-state index contributed by atoms with van der Waals surface area (Å²) in [7, 11) is 0. The summed E-state index contributed by atoms with van der Waals surface area (Å²) < 4.78 is 5.64. The van der Waals surface area contributed by atoms with Gasteiger partial charge in [0.05, 0.1) is 11.4 Å². The highest BCUT2D eigenvalue weighted by atomic mass is 35.5. The zero-order chi connectivity index (χ0) is 11.4. The maximum atomic E-state index is 9.60. The average molecular weight is 235 g/mol. The van der Waals surface area contributed by atoms with Crippen LogP contribution in [-0.2, 0) is 5.88 Å². The molecule has 0 atom stereocenters. The molecule has 2 aromatic carbocycles. The number of para-hydroxylation sites is 1. The van der Waals surface area contributed by atoms with Crippen LogP contribution in [0.3, 0.4) is 0 Å². The molecule has 0 aliphatic rings. The van der Waals surface area contributed by atoms with Crippen molar-refractivity contribution in [2.24, 2.45) is 0 Å². The van der Waals surface area contributed by atoms with E-state index in [1.165, 1.54) is 0 Å². The van der Waals surface area contributed by atoms with Gasteiger partial charge in [0.1, 0.15) is 17.2 Å². The Bertz CT molecular complexity index is 469. The first-order valence-corrected chi connectivity index (χ1v) is 5.44. The van der Waals surface area contributed by atoms with Crippen LogP contribution in [0.5, 0.6) is 17.2 Å². The van der Waals surface area contributed by atoms with E-state index in [4.69, 9.17) is 16.3 Å². The fourth-order valence-electron chi connectivity index (χ4n) is 1.40. The summed E-state index contributed by atoms with van der Waals surface area (Å²) in [6.07, 6.45) is 0. The molecule has 2 nitrogen and oxygen atoms in total. The summed E-state index contributed by atoms with van der Waals surface area (Å²) >= 11 is 5.76. The van der Waals surface area contributed by atoms with E-state index in [0.717, 1.165) is 5.75 Å². The minimum atomic E-state index is 0.156. The first kappa shape index (κ1) is 10.8. The minimum Gasteiger partial charge on any atom is -0.507 e. The third-order valence-corrected chi connectivity index (χ3v) is 2.48. The van der Waals surface area contributed by atoms with Gasteiger partial charge in [-0.05, 0) is 24.3 Å². The van der Waals surface area contributed by atoms with Crippen LogP contribution in [0.25, 0.3) is 0 Å². The van der Waals surface area contributed by atoms with Crippen LogP contribution in [0.15, 0.2) is 48.5 Å². The van der Waals surface area contributed by atoms with Gasteiger partial charge in [0.25, 0.3) is 0 Å². The Hall–Kier alpha value is -1.67. The minimum absolute atomic E-state index is 0.156. The van der Waals surface area contributed by atoms with Crippen molar-refractivity contribution < 1.29 is 9.84 Å². The van der Waals surface area contributed by atoms with Crippen LogP contribution in [0.1, 0.15) is 5.56 Å². The Balaban J connectivity index is 2.31. The van der Waals surface area contributed by atoms with Gasteiger partial charge in [-0.15, -0.1) is 11.6 Å². The van der Waals surface area contributed by atoms with Crippen molar-refractivity contribution in [1.82, 2.24) is 0 Å². The lowest BCUT2D eigenvalue weighted by molar-refractivity contribution is 0.447. The van der Waals surface area contributed by atoms with Gasteiger partial charge in [0, 0.05) is 0 Å². The Morgan fingerprint density at radius 2 is 1.75 bits per heavy atom. The van der Waals surface area contributed by atoms with Gasteiger partial charge in [0.2, 0.25) is 0 Å². The maximum Gasteiger partial charge on any atom is 0.135 e. The van der Waals surface area contributed by atoms with Crippen LogP contribution < -0.4 is 4.74 Å². The van der Waals surface area contributed by atoms with Crippen molar-refractivity contribution in [3.05, 3.63) is 54.1 Å². The van der Waals surface area contributed by atoms with Crippen molar-refractivity contribution in [1.29, 1.82) is 0 Å². The summed E-state index contributed by atoms with van der Waals surface area (Å²) in [5, 5.41) is 9.60. The molecule has 0 saturated heterocycles. The molecule has 0 aromatic heterocycles. The van der Waals surface area contributed by atoms with E-state index in [9.17, 15) is 5.11 Å². The molecule has 0 spiro atoms. The molecule has 0 radical (unpaired) electrons. The van der Waals surface area contributed by atoms with Gasteiger partial charge < -0.3 is 9.84 Å². The lowest BCUT2D eigenvalue weighted by Gasteiger charge is -2.10. The third kappa shape index (κ3) is 2.28. The first-order valence-electron chi connectivity index (χ1n) is 4.91. The van der Waals surface area contributed by atoms with E-state index >= 15 is 0 Å². The number of aromatic hydroxyl groups is 1. The lowest BCUT2D eigenvalue weighted by atomic mass is 10.2. The number of alkyl halides is 1. The summed E-state index contributed by atoms with van der Waals surface area (Å²) in [6.45, 7) is 0. The fraction of sp³-hybridized carbons (Fsp3) is 0.0769. The molecular formula is C13H11ClO2. The van der Waals surface area contributed by atoms with Crippen molar-refractivity contribution in [2.75, 3.05) is 0 Å². The van der Waals surface area contributed by atoms with Crippen LogP contribution in [0, 0.1) is 0 Å². The number of rotatable bonds is 3. The second kappa shape index (κ2) is 4.90. The van der Waals surface area contributed by atoms with Gasteiger partial charge >= 0.3 is 0 Å². The fourth-order valence-corrected chi connectivity index (χ4v) is 1.67. The van der Waals surface area contributed by atoms with E-state index in [2.05, 4.69) is 0 Å². The van der Waals surface area contributed by atoms with Crippen molar-refractivity contribution in [2.45, 2.75) is 5.88 Å². The maximum absolute atomic E-state index is 9.60. The van der Waals surface area contributed by atoms with Crippen LogP contribution >= 0.6 is 11.6 Å². The Kier molecular flexibility index (Phi) is 3.32. The van der Waals surface area contributed by atoms with Crippen molar-refractivity contribution in [3.8, 4) is 17.2 Å². The molecular weight excluding hydrogens is 224 g/mol. The molecule has 0 bridgehead atoms. The standard InChI is InChI=1S/C13H11ClO2/c14-9-11-12(15)7-4-8-13(11)16-10-5-2-1-3-6-10/h1-8,15H,9H2. The zero-order valence-corrected chi connectivity index (χ0v) is 9.32. The molecule has 0 heterocycles. The molecule has 0 fully saturated rings. The monoisotopic (exact) mass is 234 g/mol. The summed E-state index contributed by atoms with van der Waals surface area (Å²) in [6, 6.07) is 14.5. The molecule has 1 N–H and O–H groups in total. The average Bonchev–Trinajstić information content (AvgIpc) is 2.31. The van der Waals surface area contributed by atoms with Crippen molar-refractivity contribution in [3.63, 3.8) is 0 Å². The molecule has 0 unspecified atom stereocenters. The predicted molar refractivity (Wildman–Crippen MR) is 64.2 cm³/mol. The quantitative estimate of drug-likeness (QED) is 0.816. The molecule has 3 heteroatoms. The third-order valence-electron chi connectivity index (χ3n) is 2.21. The first-order chi connectivity index (χ1) is 7.81. The highest BCUT2D eigenvalue weighted by Crippen LogP contribution is 2.32. The van der Waals surface area contributed by atoms with E-state index in [1.54, 1.807) is 18.2 Å².